The van der Waals surface area contributed by atoms with Crippen molar-refractivity contribution >= 4 is 11.8 Å². The predicted molar refractivity (Wildman–Crippen MR) is 54.4 cm³/mol. The SMILES string of the molecule is CCOC(=N)CC(=O)N1CCCCC1. The summed E-state index contributed by atoms with van der Waals surface area (Å²) in [5, 5.41) is 7.37. The summed E-state index contributed by atoms with van der Waals surface area (Å²) in [5.74, 6) is 0.117. The Morgan fingerprint density at radius 2 is 2.00 bits per heavy atom. The molecule has 80 valence electrons. The summed E-state index contributed by atoms with van der Waals surface area (Å²) in [4.78, 5) is 13.4. The number of nitrogens with zero attached hydrogens (tertiary/aromatic N) is 1. The molecule has 1 saturated heterocycles. The molecule has 4 nitrogen and oxygen atoms in total. The molecule has 1 aliphatic heterocycles. The molecule has 4 heteroatoms. The molecule has 1 fully saturated rings. The van der Waals surface area contributed by atoms with Gasteiger partial charge in [-0.1, -0.05) is 0 Å². The normalized spacial score (nSPS) is 16.5. The van der Waals surface area contributed by atoms with Crippen LogP contribution in [-0.2, 0) is 9.53 Å². The molecule has 0 aliphatic carbocycles. The van der Waals surface area contributed by atoms with Gasteiger partial charge in [-0.25, -0.2) is 0 Å². The van der Waals surface area contributed by atoms with Crippen LogP contribution in [0.2, 0.25) is 0 Å². The van der Waals surface area contributed by atoms with Gasteiger partial charge >= 0.3 is 0 Å². The molecular formula is C10H18N2O2. The van der Waals surface area contributed by atoms with Crippen LogP contribution in [0.5, 0.6) is 0 Å². The van der Waals surface area contributed by atoms with Gasteiger partial charge in [-0.2, -0.15) is 0 Å². The first-order chi connectivity index (χ1) is 6.74. The minimum absolute atomic E-state index is 0.0307. The quantitative estimate of drug-likeness (QED) is 0.550. The Bertz CT molecular complexity index is 210. The summed E-state index contributed by atoms with van der Waals surface area (Å²) in [6.07, 6.45) is 3.52. The van der Waals surface area contributed by atoms with Crippen molar-refractivity contribution in [3.8, 4) is 0 Å². The van der Waals surface area contributed by atoms with Gasteiger partial charge in [0.25, 0.3) is 0 Å². The topological polar surface area (TPSA) is 53.4 Å². The molecule has 1 heterocycles. The highest BCUT2D eigenvalue weighted by Crippen LogP contribution is 2.10. The van der Waals surface area contributed by atoms with Gasteiger partial charge in [-0.3, -0.25) is 10.2 Å². The molecule has 0 saturated carbocycles. The number of carbonyl (C=O) groups excluding carboxylic acids is 1. The van der Waals surface area contributed by atoms with E-state index in [1.165, 1.54) is 6.42 Å². The zero-order chi connectivity index (χ0) is 10.4. The molecule has 1 amide bonds. The maximum Gasteiger partial charge on any atom is 0.231 e. The number of hydrogen-bond acceptors (Lipinski definition) is 3. The van der Waals surface area contributed by atoms with Crippen LogP contribution < -0.4 is 0 Å². The average Bonchev–Trinajstić information content (AvgIpc) is 2.19. The van der Waals surface area contributed by atoms with Gasteiger partial charge in [0.1, 0.15) is 6.42 Å². The monoisotopic (exact) mass is 198 g/mol. The molecular weight excluding hydrogens is 180 g/mol. The zero-order valence-electron chi connectivity index (χ0n) is 8.71. The number of likely N-dealkylation sites (tertiary alicyclic amines) is 1. The van der Waals surface area contributed by atoms with Crippen LogP contribution in [0.3, 0.4) is 0 Å². The average molecular weight is 198 g/mol. The van der Waals surface area contributed by atoms with E-state index in [1.807, 2.05) is 11.8 Å². The number of nitrogens with one attached hydrogen (secondary N) is 1. The Labute approximate surface area is 84.7 Å². The highest BCUT2D eigenvalue weighted by molar-refractivity contribution is 5.95. The third-order valence-electron chi connectivity index (χ3n) is 2.34. The number of piperidine rings is 1. The first kappa shape index (κ1) is 11.0. The van der Waals surface area contributed by atoms with Gasteiger partial charge in [0.05, 0.1) is 6.61 Å². The largest absolute Gasteiger partial charge is 0.481 e. The van der Waals surface area contributed by atoms with E-state index >= 15 is 0 Å². The molecule has 0 atom stereocenters. The first-order valence-corrected chi connectivity index (χ1v) is 5.22. The zero-order valence-corrected chi connectivity index (χ0v) is 8.71. The van der Waals surface area contributed by atoms with Crippen molar-refractivity contribution in [1.82, 2.24) is 4.90 Å². The molecule has 0 aromatic carbocycles. The lowest BCUT2D eigenvalue weighted by molar-refractivity contribution is -0.131. The lowest BCUT2D eigenvalue weighted by atomic mass is 10.1. The van der Waals surface area contributed by atoms with Gasteiger partial charge in [0.15, 0.2) is 5.90 Å². The first-order valence-electron chi connectivity index (χ1n) is 5.22. The Morgan fingerprint density at radius 3 is 2.57 bits per heavy atom. The standard InChI is InChI=1S/C10H18N2O2/c1-2-14-9(11)8-10(13)12-6-4-3-5-7-12/h11H,2-8H2,1H3. The van der Waals surface area contributed by atoms with E-state index in [9.17, 15) is 4.79 Å². The van der Waals surface area contributed by atoms with Gasteiger partial charge in [-0.05, 0) is 26.2 Å². The molecule has 0 aromatic heterocycles. The van der Waals surface area contributed by atoms with Crippen LogP contribution in [0.1, 0.15) is 32.6 Å². The van der Waals surface area contributed by atoms with Crippen molar-refractivity contribution in [1.29, 1.82) is 5.41 Å². The Morgan fingerprint density at radius 1 is 1.36 bits per heavy atom. The van der Waals surface area contributed by atoms with Crippen LogP contribution >= 0.6 is 0 Å². The maximum atomic E-state index is 11.6. The number of amides is 1. The molecule has 0 spiro atoms. The van der Waals surface area contributed by atoms with E-state index < -0.39 is 0 Å². The smallest absolute Gasteiger partial charge is 0.231 e. The van der Waals surface area contributed by atoms with E-state index in [0.717, 1.165) is 25.9 Å². The fraction of sp³-hybridized carbons (Fsp3) is 0.800. The van der Waals surface area contributed by atoms with Crippen molar-refractivity contribution in [2.45, 2.75) is 32.6 Å². The molecule has 0 aromatic rings. The summed E-state index contributed by atoms with van der Waals surface area (Å²) in [6, 6.07) is 0. The predicted octanol–water partition coefficient (Wildman–Crippen LogP) is 1.40. The van der Waals surface area contributed by atoms with E-state index in [2.05, 4.69) is 0 Å². The highest BCUT2D eigenvalue weighted by atomic mass is 16.5. The molecule has 0 bridgehead atoms. The van der Waals surface area contributed by atoms with Crippen molar-refractivity contribution in [2.24, 2.45) is 0 Å². The molecule has 14 heavy (non-hydrogen) atoms. The minimum Gasteiger partial charge on any atom is -0.481 e. The summed E-state index contributed by atoms with van der Waals surface area (Å²) in [5.41, 5.74) is 0. The second kappa shape index (κ2) is 5.62. The number of hydrogen-bond donors (Lipinski definition) is 1. The summed E-state index contributed by atoms with van der Waals surface area (Å²) in [7, 11) is 0. The number of ether oxygens (including phenoxy) is 1. The van der Waals surface area contributed by atoms with Gasteiger partial charge in [0, 0.05) is 13.1 Å². The Kier molecular flexibility index (Phi) is 4.43. The molecule has 1 N–H and O–H groups in total. The summed E-state index contributed by atoms with van der Waals surface area (Å²) in [6.45, 7) is 3.97. The molecule has 1 aliphatic rings. The van der Waals surface area contributed by atoms with Crippen LogP contribution in [0, 0.1) is 5.41 Å². The summed E-state index contributed by atoms with van der Waals surface area (Å²) >= 11 is 0. The maximum absolute atomic E-state index is 11.6. The second-order valence-corrected chi connectivity index (χ2v) is 3.47. The van der Waals surface area contributed by atoms with Crippen LogP contribution in [0.25, 0.3) is 0 Å². The van der Waals surface area contributed by atoms with Crippen molar-refractivity contribution in [2.75, 3.05) is 19.7 Å². The fourth-order valence-electron chi connectivity index (χ4n) is 1.62. The van der Waals surface area contributed by atoms with Gasteiger partial charge in [0.2, 0.25) is 5.91 Å². The van der Waals surface area contributed by atoms with Crippen LogP contribution in [0.15, 0.2) is 0 Å². The van der Waals surface area contributed by atoms with Gasteiger partial charge in [-0.15, -0.1) is 0 Å². The van der Waals surface area contributed by atoms with Crippen molar-refractivity contribution in [3.63, 3.8) is 0 Å². The van der Waals surface area contributed by atoms with Crippen molar-refractivity contribution < 1.29 is 9.53 Å². The molecule has 0 unspecified atom stereocenters. The Balaban J connectivity index is 2.29. The lowest BCUT2D eigenvalue weighted by Crippen LogP contribution is -2.36. The third-order valence-corrected chi connectivity index (χ3v) is 2.34. The summed E-state index contributed by atoms with van der Waals surface area (Å²) < 4.78 is 4.94. The third kappa shape index (κ3) is 3.36. The van der Waals surface area contributed by atoms with E-state index in [-0.39, 0.29) is 18.2 Å². The van der Waals surface area contributed by atoms with E-state index in [0.29, 0.717) is 6.61 Å². The number of rotatable bonds is 3. The van der Waals surface area contributed by atoms with Crippen LogP contribution in [0.4, 0.5) is 0 Å². The van der Waals surface area contributed by atoms with E-state index in [4.69, 9.17) is 10.1 Å². The fourth-order valence-corrected chi connectivity index (χ4v) is 1.62. The minimum atomic E-state index is 0.0307. The van der Waals surface area contributed by atoms with E-state index in [1.54, 1.807) is 0 Å². The molecule has 0 radical (unpaired) electrons. The Hall–Kier alpha value is -1.06. The van der Waals surface area contributed by atoms with Crippen LogP contribution in [-0.4, -0.2) is 36.4 Å². The number of carbonyl (C=O) groups is 1. The lowest BCUT2D eigenvalue weighted by Gasteiger charge is -2.26. The van der Waals surface area contributed by atoms with Gasteiger partial charge < -0.3 is 9.64 Å². The highest BCUT2D eigenvalue weighted by Gasteiger charge is 2.17. The molecule has 1 rings (SSSR count). The second-order valence-electron chi connectivity index (χ2n) is 3.47. The van der Waals surface area contributed by atoms with Crippen molar-refractivity contribution in [3.05, 3.63) is 0 Å².